The van der Waals surface area contributed by atoms with Crippen LogP contribution in [0.5, 0.6) is 0 Å². The average molecular weight is 356 g/mol. The number of hydrogen-bond acceptors (Lipinski definition) is 4. The third kappa shape index (κ3) is 3.09. The van der Waals surface area contributed by atoms with Gasteiger partial charge < -0.3 is 5.32 Å². The molecule has 3 aromatic heterocycles. The van der Waals surface area contributed by atoms with Crippen LogP contribution in [0.15, 0.2) is 30.6 Å². The Balaban J connectivity index is 1.76. The molecule has 128 valence electrons. The van der Waals surface area contributed by atoms with Gasteiger partial charge in [0.1, 0.15) is 5.82 Å². The number of pyridine rings is 2. The summed E-state index contributed by atoms with van der Waals surface area (Å²) in [6.45, 7) is 4.10. The summed E-state index contributed by atoms with van der Waals surface area (Å²) in [6, 6.07) is 5.43. The first kappa shape index (κ1) is 16.0. The SMILES string of the molecule is CC(C)n1ncc2c(C(=O)Nc3ccc(Cl)cn3)cc(C3CC3)nc21. The number of hydrogen-bond donors (Lipinski definition) is 1. The summed E-state index contributed by atoms with van der Waals surface area (Å²) in [6.07, 6.45) is 5.46. The van der Waals surface area contributed by atoms with Gasteiger partial charge in [0, 0.05) is 23.9 Å². The van der Waals surface area contributed by atoms with Crippen molar-refractivity contribution in [1.29, 1.82) is 0 Å². The fraction of sp³-hybridized carbons (Fsp3) is 0.333. The highest BCUT2D eigenvalue weighted by Crippen LogP contribution is 2.40. The molecule has 1 amide bonds. The fourth-order valence-electron chi connectivity index (χ4n) is 2.82. The van der Waals surface area contributed by atoms with E-state index in [-0.39, 0.29) is 11.9 Å². The number of nitrogens with one attached hydrogen (secondary N) is 1. The molecule has 0 bridgehead atoms. The zero-order chi connectivity index (χ0) is 17.6. The van der Waals surface area contributed by atoms with E-state index in [0.29, 0.717) is 22.3 Å². The van der Waals surface area contributed by atoms with Crippen molar-refractivity contribution in [2.45, 2.75) is 38.6 Å². The second kappa shape index (κ2) is 6.11. The van der Waals surface area contributed by atoms with Crippen LogP contribution < -0.4 is 5.32 Å². The smallest absolute Gasteiger partial charge is 0.257 e. The summed E-state index contributed by atoms with van der Waals surface area (Å²) in [4.78, 5) is 21.7. The Kier molecular flexibility index (Phi) is 3.92. The highest BCUT2D eigenvalue weighted by atomic mass is 35.5. The summed E-state index contributed by atoms with van der Waals surface area (Å²) < 4.78 is 1.86. The van der Waals surface area contributed by atoms with Gasteiger partial charge in [-0.1, -0.05) is 11.6 Å². The molecule has 3 aromatic rings. The molecule has 0 unspecified atom stereocenters. The van der Waals surface area contributed by atoms with E-state index in [1.54, 1.807) is 18.3 Å². The van der Waals surface area contributed by atoms with Crippen LogP contribution in [0.3, 0.4) is 0 Å². The van der Waals surface area contributed by atoms with E-state index in [2.05, 4.69) is 29.2 Å². The lowest BCUT2D eigenvalue weighted by Crippen LogP contribution is -2.14. The van der Waals surface area contributed by atoms with Gasteiger partial charge >= 0.3 is 0 Å². The summed E-state index contributed by atoms with van der Waals surface area (Å²) in [7, 11) is 0. The van der Waals surface area contributed by atoms with Crippen molar-refractivity contribution in [3.8, 4) is 0 Å². The van der Waals surface area contributed by atoms with E-state index >= 15 is 0 Å². The standard InChI is InChI=1S/C18H18ClN5O/c1-10(2)24-17-14(9-21-24)13(7-15(22-17)11-3-4-11)18(25)23-16-6-5-12(19)8-20-16/h5-11H,3-4H2,1-2H3,(H,20,23,25). The predicted molar refractivity (Wildman–Crippen MR) is 97.1 cm³/mol. The Morgan fingerprint density at radius 2 is 2.12 bits per heavy atom. The van der Waals surface area contributed by atoms with E-state index in [9.17, 15) is 4.79 Å². The monoisotopic (exact) mass is 355 g/mol. The normalized spacial score (nSPS) is 14.2. The third-order valence-electron chi connectivity index (χ3n) is 4.28. The molecule has 0 saturated heterocycles. The van der Waals surface area contributed by atoms with Gasteiger partial charge in [-0.3, -0.25) is 4.79 Å². The molecular formula is C18H18ClN5O. The van der Waals surface area contributed by atoms with Crippen LogP contribution in [0.2, 0.25) is 5.02 Å². The van der Waals surface area contributed by atoms with Gasteiger partial charge in [-0.25, -0.2) is 14.6 Å². The van der Waals surface area contributed by atoms with Crippen LogP contribution in [0.25, 0.3) is 11.0 Å². The topological polar surface area (TPSA) is 72.7 Å². The summed E-state index contributed by atoms with van der Waals surface area (Å²) in [5.74, 6) is 0.691. The highest BCUT2D eigenvalue weighted by Gasteiger charge is 2.28. The Labute approximate surface area is 150 Å². The van der Waals surface area contributed by atoms with Crippen molar-refractivity contribution in [3.05, 3.63) is 46.9 Å². The number of nitrogens with zero attached hydrogens (tertiary/aromatic N) is 4. The fourth-order valence-corrected chi connectivity index (χ4v) is 2.94. The van der Waals surface area contributed by atoms with E-state index in [0.717, 1.165) is 29.6 Å². The van der Waals surface area contributed by atoms with Crippen molar-refractivity contribution in [2.24, 2.45) is 0 Å². The van der Waals surface area contributed by atoms with Crippen LogP contribution in [0.1, 0.15) is 54.7 Å². The number of anilines is 1. The van der Waals surface area contributed by atoms with Crippen molar-refractivity contribution < 1.29 is 4.79 Å². The molecule has 0 spiro atoms. The van der Waals surface area contributed by atoms with Gasteiger partial charge in [0.15, 0.2) is 5.65 Å². The molecular weight excluding hydrogens is 338 g/mol. The van der Waals surface area contributed by atoms with Crippen molar-refractivity contribution in [1.82, 2.24) is 19.7 Å². The molecule has 0 atom stereocenters. The molecule has 6 nitrogen and oxygen atoms in total. The lowest BCUT2D eigenvalue weighted by Gasteiger charge is -2.10. The van der Waals surface area contributed by atoms with Gasteiger partial charge in [0.2, 0.25) is 0 Å². The molecule has 25 heavy (non-hydrogen) atoms. The van der Waals surface area contributed by atoms with Crippen LogP contribution in [-0.4, -0.2) is 25.7 Å². The summed E-state index contributed by atoms with van der Waals surface area (Å²) in [5.41, 5.74) is 2.30. The van der Waals surface area contributed by atoms with Crippen LogP contribution in [0.4, 0.5) is 5.82 Å². The zero-order valence-electron chi connectivity index (χ0n) is 14.0. The summed E-state index contributed by atoms with van der Waals surface area (Å²) in [5, 5.41) is 8.53. The van der Waals surface area contributed by atoms with Crippen molar-refractivity contribution in [2.75, 3.05) is 5.32 Å². The number of fused-ring (bicyclic) bond motifs is 1. The molecule has 1 saturated carbocycles. The maximum absolute atomic E-state index is 12.8. The maximum Gasteiger partial charge on any atom is 0.257 e. The number of amides is 1. The van der Waals surface area contributed by atoms with Gasteiger partial charge in [0.05, 0.1) is 22.2 Å². The number of halogens is 1. The molecule has 0 radical (unpaired) electrons. The van der Waals surface area contributed by atoms with Crippen molar-refractivity contribution >= 4 is 34.4 Å². The van der Waals surface area contributed by atoms with Gasteiger partial charge in [-0.2, -0.15) is 5.10 Å². The minimum Gasteiger partial charge on any atom is -0.307 e. The van der Waals surface area contributed by atoms with Crippen molar-refractivity contribution in [3.63, 3.8) is 0 Å². The maximum atomic E-state index is 12.8. The first-order valence-electron chi connectivity index (χ1n) is 8.34. The zero-order valence-corrected chi connectivity index (χ0v) is 14.8. The molecule has 3 heterocycles. The minimum absolute atomic E-state index is 0.174. The molecule has 1 aliphatic rings. The Morgan fingerprint density at radius 3 is 2.76 bits per heavy atom. The lowest BCUT2D eigenvalue weighted by molar-refractivity contribution is 0.102. The highest BCUT2D eigenvalue weighted by molar-refractivity contribution is 6.30. The Bertz CT molecular complexity index is 944. The Hall–Kier alpha value is -2.47. The number of carbonyl (C=O) groups excluding carboxylic acids is 1. The van der Waals surface area contributed by atoms with Crippen LogP contribution in [0, 0.1) is 0 Å². The molecule has 1 aliphatic carbocycles. The molecule has 1 N–H and O–H groups in total. The molecule has 0 aromatic carbocycles. The number of carbonyl (C=O) groups is 1. The molecule has 0 aliphatic heterocycles. The second-order valence-corrected chi connectivity index (χ2v) is 7.04. The first-order chi connectivity index (χ1) is 12.0. The van der Waals surface area contributed by atoms with Crippen LogP contribution >= 0.6 is 11.6 Å². The van der Waals surface area contributed by atoms with Crippen LogP contribution in [-0.2, 0) is 0 Å². The predicted octanol–water partition coefficient (Wildman–Crippen LogP) is 4.19. The second-order valence-electron chi connectivity index (χ2n) is 6.60. The van der Waals surface area contributed by atoms with E-state index in [1.165, 1.54) is 6.20 Å². The number of rotatable bonds is 4. The van der Waals surface area contributed by atoms with Gasteiger partial charge in [-0.15, -0.1) is 0 Å². The number of aromatic nitrogens is 4. The van der Waals surface area contributed by atoms with E-state index in [1.807, 2.05) is 10.7 Å². The minimum atomic E-state index is -0.215. The quantitative estimate of drug-likeness (QED) is 0.761. The molecule has 1 fully saturated rings. The first-order valence-corrected chi connectivity index (χ1v) is 8.72. The van der Waals surface area contributed by atoms with Gasteiger partial charge in [0.25, 0.3) is 5.91 Å². The summed E-state index contributed by atoms with van der Waals surface area (Å²) >= 11 is 5.84. The lowest BCUT2D eigenvalue weighted by atomic mass is 10.1. The van der Waals surface area contributed by atoms with Gasteiger partial charge in [-0.05, 0) is 44.9 Å². The third-order valence-corrected chi connectivity index (χ3v) is 4.51. The molecule has 7 heteroatoms. The average Bonchev–Trinajstić information content (AvgIpc) is 3.35. The van der Waals surface area contributed by atoms with E-state index in [4.69, 9.17) is 16.6 Å². The largest absolute Gasteiger partial charge is 0.307 e. The Morgan fingerprint density at radius 1 is 1.32 bits per heavy atom. The molecule has 4 rings (SSSR count). The van der Waals surface area contributed by atoms with E-state index < -0.39 is 0 Å².